The smallest absolute Gasteiger partial charge is 0.369 e. The summed E-state index contributed by atoms with van der Waals surface area (Å²) in [6.07, 6.45) is 6.19. The number of carbonyl (C=O) groups is 1. The molecule has 0 radical (unpaired) electrons. The van der Waals surface area contributed by atoms with Gasteiger partial charge >= 0.3 is 5.30 Å². The molecule has 1 aliphatic carbocycles. The first-order valence-electron chi connectivity index (χ1n) is 2.55. The van der Waals surface area contributed by atoms with Crippen molar-refractivity contribution < 1.29 is 9.53 Å². The molecule has 0 heterocycles. The second-order valence-corrected chi connectivity index (χ2v) is 2.00. The third-order valence-electron chi connectivity index (χ3n) is 0.956. The third-order valence-corrected chi connectivity index (χ3v) is 1.05. The van der Waals surface area contributed by atoms with E-state index < -0.39 is 5.30 Å². The normalized spacial score (nSPS) is 15.4. The van der Waals surface area contributed by atoms with E-state index in [1.807, 2.05) is 12.2 Å². The van der Waals surface area contributed by atoms with Gasteiger partial charge in [-0.2, -0.15) is 0 Å². The topological polar surface area (TPSA) is 26.3 Å². The van der Waals surface area contributed by atoms with E-state index in [1.165, 1.54) is 0 Å². The summed E-state index contributed by atoms with van der Waals surface area (Å²) in [6.45, 7) is 0. The van der Waals surface area contributed by atoms with Crippen LogP contribution in [0.1, 0.15) is 6.42 Å². The van der Waals surface area contributed by atoms with Crippen LogP contribution in [0.25, 0.3) is 0 Å². The van der Waals surface area contributed by atoms with Gasteiger partial charge in [0, 0.05) is 6.42 Å². The van der Waals surface area contributed by atoms with Crippen molar-refractivity contribution >= 4 is 17.9 Å². The Kier molecular flexibility index (Phi) is 1.95. The van der Waals surface area contributed by atoms with Crippen LogP contribution >= 0.6 is 12.6 Å². The molecule has 0 saturated carbocycles. The van der Waals surface area contributed by atoms with E-state index in [9.17, 15) is 4.79 Å². The maximum Gasteiger partial charge on any atom is 0.369 e. The summed E-state index contributed by atoms with van der Waals surface area (Å²) >= 11 is 3.44. The summed E-state index contributed by atoms with van der Waals surface area (Å²) in [6, 6.07) is 0. The quantitative estimate of drug-likeness (QED) is 0.447. The van der Waals surface area contributed by atoms with Crippen LogP contribution in [0, 0.1) is 0 Å². The van der Waals surface area contributed by atoms with Gasteiger partial charge in [-0.3, -0.25) is 0 Å². The molecular weight excluding hydrogens is 136 g/mol. The van der Waals surface area contributed by atoms with Crippen LogP contribution < -0.4 is 0 Å². The summed E-state index contributed by atoms with van der Waals surface area (Å²) in [5, 5.41) is -0.551. The van der Waals surface area contributed by atoms with E-state index >= 15 is 0 Å². The summed E-state index contributed by atoms with van der Waals surface area (Å²) in [4.78, 5) is 10.2. The number of rotatable bonds is 1. The Bertz CT molecular complexity index is 181. The standard InChI is InChI=1S/C6H6O2S/c7-6(9)8-5-3-1-2-4-5/h1-3H,4H2,(H,7,9). The molecule has 0 aromatic carbocycles. The highest BCUT2D eigenvalue weighted by atomic mass is 32.1. The molecule has 0 unspecified atom stereocenters. The summed E-state index contributed by atoms with van der Waals surface area (Å²) < 4.78 is 4.64. The van der Waals surface area contributed by atoms with Crippen LogP contribution in [0.2, 0.25) is 0 Å². The molecule has 0 aliphatic heterocycles. The lowest BCUT2D eigenvalue weighted by Crippen LogP contribution is -1.90. The molecule has 1 rings (SSSR count). The fourth-order valence-corrected chi connectivity index (χ4v) is 0.733. The lowest BCUT2D eigenvalue weighted by atomic mass is 10.4. The summed E-state index contributed by atoms with van der Waals surface area (Å²) in [5.74, 6) is 0.662. The Morgan fingerprint density at radius 1 is 1.78 bits per heavy atom. The highest BCUT2D eigenvalue weighted by Gasteiger charge is 2.02. The Labute approximate surface area is 58.6 Å². The second kappa shape index (κ2) is 2.73. The second-order valence-electron chi connectivity index (χ2n) is 1.63. The molecule has 3 heteroatoms. The van der Waals surface area contributed by atoms with E-state index in [1.54, 1.807) is 6.08 Å². The number of hydrogen-bond acceptors (Lipinski definition) is 2. The zero-order chi connectivity index (χ0) is 6.69. The Balaban J connectivity index is 2.39. The zero-order valence-electron chi connectivity index (χ0n) is 4.70. The minimum atomic E-state index is -0.551. The van der Waals surface area contributed by atoms with Gasteiger partial charge in [-0.1, -0.05) is 24.8 Å². The summed E-state index contributed by atoms with van der Waals surface area (Å²) in [7, 11) is 0. The lowest BCUT2D eigenvalue weighted by Gasteiger charge is -1.97. The molecule has 0 aromatic heterocycles. The third kappa shape index (κ3) is 1.93. The number of carbonyl (C=O) groups excluding carboxylic acids is 1. The van der Waals surface area contributed by atoms with Crippen molar-refractivity contribution in [1.29, 1.82) is 0 Å². The molecule has 0 spiro atoms. The van der Waals surface area contributed by atoms with E-state index in [0.717, 1.165) is 0 Å². The molecule has 0 atom stereocenters. The van der Waals surface area contributed by atoms with E-state index in [0.29, 0.717) is 12.2 Å². The minimum Gasteiger partial charge on any atom is -0.423 e. The van der Waals surface area contributed by atoms with Gasteiger partial charge in [-0.15, -0.1) is 0 Å². The Morgan fingerprint density at radius 3 is 3.00 bits per heavy atom. The van der Waals surface area contributed by atoms with Crippen LogP contribution in [0.3, 0.4) is 0 Å². The van der Waals surface area contributed by atoms with Gasteiger partial charge in [0.05, 0.1) is 0 Å². The molecule has 0 bridgehead atoms. The highest BCUT2D eigenvalue weighted by molar-refractivity contribution is 7.96. The van der Waals surface area contributed by atoms with Gasteiger partial charge in [0.1, 0.15) is 5.76 Å². The molecule has 9 heavy (non-hydrogen) atoms. The van der Waals surface area contributed by atoms with E-state index in [-0.39, 0.29) is 0 Å². The fourth-order valence-electron chi connectivity index (χ4n) is 0.615. The fraction of sp³-hybridized carbons (Fsp3) is 0.167. The number of thiol groups is 1. The first-order chi connectivity index (χ1) is 4.29. The SMILES string of the molecule is O=C(S)OC1=CC=CC1. The summed E-state index contributed by atoms with van der Waals surface area (Å²) in [5.41, 5.74) is 0. The average Bonchev–Trinajstić information content (AvgIpc) is 2.15. The molecule has 0 saturated heterocycles. The Hall–Kier alpha value is -0.700. The van der Waals surface area contributed by atoms with Crippen LogP contribution in [0.15, 0.2) is 24.0 Å². The predicted molar refractivity (Wildman–Crippen MR) is 37.3 cm³/mol. The Morgan fingerprint density at radius 2 is 2.56 bits per heavy atom. The molecule has 1 aliphatic rings. The predicted octanol–water partition coefficient (Wildman–Crippen LogP) is 1.90. The number of allylic oxidation sites excluding steroid dienone is 3. The van der Waals surface area contributed by atoms with Gasteiger partial charge in [-0.05, 0) is 6.08 Å². The first-order valence-corrected chi connectivity index (χ1v) is 3.00. The molecule has 0 fully saturated rings. The number of hydrogen-bond donors (Lipinski definition) is 1. The zero-order valence-corrected chi connectivity index (χ0v) is 5.60. The van der Waals surface area contributed by atoms with Gasteiger partial charge in [-0.25, -0.2) is 4.79 Å². The molecule has 48 valence electrons. The molecule has 0 N–H and O–H groups in total. The minimum absolute atomic E-state index is 0.551. The van der Waals surface area contributed by atoms with Crippen molar-refractivity contribution in [3.63, 3.8) is 0 Å². The molecule has 2 nitrogen and oxygen atoms in total. The molecule has 0 aromatic rings. The van der Waals surface area contributed by atoms with Crippen molar-refractivity contribution in [3.05, 3.63) is 24.0 Å². The monoisotopic (exact) mass is 142 g/mol. The van der Waals surface area contributed by atoms with Crippen molar-refractivity contribution in [2.45, 2.75) is 6.42 Å². The molecule has 0 amide bonds. The van der Waals surface area contributed by atoms with Crippen molar-refractivity contribution in [2.24, 2.45) is 0 Å². The van der Waals surface area contributed by atoms with Gasteiger partial charge < -0.3 is 4.74 Å². The lowest BCUT2D eigenvalue weighted by molar-refractivity contribution is 0.204. The maximum absolute atomic E-state index is 10.2. The first kappa shape index (κ1) is 6.42. The van der Waals surface area contributed by atoms with Crippen molar-refractivity contribution in [3.8, 4) is 0 Å². The van der Waals surface area contributed by atoms with E-state index in [2.05, 4.69) is 17.4 Å². The number of ether oxygens (including phenoxy) is 1. The van der Waals surface area contributed by atoms with Crippen LogP contribution in [0.4, 0.5) is 4.79 Å². The average molecular weight is 142 g/mol. The van der Waals surface area contributed by atoms with Crippen molar-refractivity contribution in [1.82, 2.24) is 0 Å². The molecular formula is C6H6O2S. The van der Waals surface area contributed by atoms with Gasteiger partial charge in [0.15, 0.2) is 0 Å². The maximum atomic E-state index is 10.2. The van der Waals surface area contributed by atoms with Crippen LogP contribution in [-0.2, 0) is 4.74 Å². The van der Waals surface area contributed by atoms with Crippen LogP contribution in [-0.4, -0.2) is 5.30 Å². The van der Waals surface area contributed by atoms with Crippen molar-refractivity contribution in [2.75, 3.05) is 0 Å². The largest absolute Gasteiger partial charge is 0.423 e. The van der Waals surface area contributed by atoms with E-state index in [4.69, 9.17) is 0 Å². The van der Waals surface area contributed by atoms with Crippen LogP contribution in [0.5, 0.6) is 0 Å². The van der Waals surface area contributed by atoms with Gasteiger partial charge in [0.2, 0.25) is 0 Å². The van der Waals surface area contributed by atoms with Gasteiger partial charge in [0.25, 0.3) is 0 Å². The highest BCUT2D eigenvalue weighted by Crippen LogP contribution is 2.12.